The molecule has 60 heavy (non-hydrogen) atoms. The Labute approximate surface area is 351 Å². The minimum atomic E-state index is 0.0270. The van der Waals surface area contributed by atoms with Gasteiger partial charge in [-0.25, -0.2) is 0 Å². The average Bonchev–Trinajstić information content (AvgIpc) is 3.87. The van der Waals surface area contributed by atoms with Crippen molar-refractivity contribution in [1.29, 1.82) is 0 Å². The summed E-state index contributed by atoms with van der Waals surface area (Å²) in [5, 5.41) is 7.66. The zero-order valence-corrected chi connectivity index (χ0v) is 35.5. The lowest BCUT2D eigenvalue weighted by molar-refractivity contribution is 0.591. The van der Waals surface area contributed by atoms with Gasteiger partial charge in [0.05, 0.1) is 22.1 Å². The molecule has 0 spiro atoms. The van der Waals surface area contributed by atoms with Gasteiger partial charge in [0.15, 0.2) is 0 Å². The van der Waals surface area contributed by atoms with Gasteiger partial charge in [-0.3, -0.25) is 0 Å². The Hall–Kier alpha value is -6.84. The van der Waals surface area contributed by atoms with Gasteiger partial charge in [-0.15, -0.1) is 0 Å². The molecule has 0 saturated carbocycles. The molecule has 11 rings (SSSR count). The van der Waals surface area contributed by atoms with Gasteiger partial charge >= 0.3 is 0 Å². The van der Waals surface area contributed by atoms with Gasteiger partial charge in [0.1, 0.15) is 0 Å². The van der Waals surface area contributed by atoms with Crippen molar-refractivity contribution in [2.45, 2.75) is 52.4 Å². The molecule has 3 heterocycles. The zero-order chi connectivity index (χ0) is 41.1. The lowest BCUT2D eigenvalue weighted by Gasteiger charge is -2.19. The van der Waals surface area contributed by atoms with Gasteiger partial charge in [0.2, 0.25) is 0 Å². The van der Waals surface area contributed by atoms with E-state index in [-0.39, 0.29) is 10.8 Å². The summed E-state index contributed by atoms with van der Waals surface area (Å²) in [6, 6.07) is 63.7. The smallest absolute Gasteiger partial charge is 0.0541 e. The highest BCUT2D eigenvalue weighted by molar-refractivity contribution is 6.13. The molecule has 0 aliphatic heterocycles. The van der Waals surface area contributed by atoms with Crippen LogP contribution in [0.4, 0.5) is 0 Å². The summed E-state index contributed by atoms with van der Waals surface area (Å²) < 4.78 is 7.18. The van der Waals surface area contributed by atoms with Crippen LogP contribution < -0.4 is 0 Å². The number of nitrogens with zero attached hydrogens (tertiary/aromatic N) is 3. The topological polar surface area (TPSA) is 14.8 Å². The molecular weight excluding hydrogens is 727 g/mol. The highest BCUT2D eigenvalue weighted by atomic mass is 15.0. The molecule has 0 unspecified atom stereocenters. The molecule has 292 valence electrons. The van der Waals surface area contributed by atoms with Crippen molar-refractivity contribution >= 4 is 65.4 Å². The summed E-state index contributed by atoms with van der Waals surface area (Å²) >= 11 is 0. The fourth-order valence-corrected chi connectivity index (χ4v) is 9.65. The largest absolute Gasteiger partial charge is 0.344 e. The Balaban J connectivity index is 1.07. The summed E-state index contributed by atoms with van der Waals surface area (Å²) in [6.07, 6.45) is 0. The highest BCUT2D eigenvalue weighted by Crippen LogP contribution is 2.41. The Kier molecular flexibility index (Phi) is 7.90. The van der Waals surface area contributed by atoms with E-state index in [0.717, 1.165) is 0 Å². The number of benzene rings is 8. The molecule has 0 fully saturated rings. The second-order valence-electron chi connectivity index (χ2n) is 18.8. The molecule has 0 amide bonds. The van der Waals surface area contributed by atoms with Gasteiger partial charge < -0.3 is 13.7 Å². The first-order valence-corrected chi connectivity index (χ1v) is 21.2. The van der Waals surface area contributed by atoms with Gasteiger partial charge in [0, 0.05) is 61.8 Å². The number of hydrogen-bond donors (Lipinski definition) is 0. The number of aromatic nitrogens is 3. The van der Waals surface area contributed by atoms with Gasteiger partial charge in [-0.2, -0.15) is 0 Å². The van der Waals surface area contributed by atoms with Crippen molar-refractivity contribution in [2.24, 2.45) is 7.05 Å². The Morgan fingerprint density at radius 2 is 0.733 bits per heavy atom. The molecule has 8 aromatic carbocycles. The van der Waals surface area contributed by atoms with Crippen molar-refractivity contribution in [3.63, 3.8) is 0 Å². The lowest BCUT2D eigenvalue weighted by atomic mass is 9.86. The van der Waals surface area contributed by atoms with Crippen molar-refractivity contribution < 1.29 is 0 Å². The maximum atomic E-state index is 2.46. The third-order valence-corrected chi connectivity index (χ3v) is 13.0. The van der Waals surface area contributed by atoms with Crippen LogP contribution in [0.3, 0.4) is 0 Å². The predicted molar refractivity (Wildman–Crippen MR) is 257 cm³/mol. The summed E-state index contributed by atoms with van der Waals surface area (Å²) in [7, 11) is 2.17. The van der Waals surface area contributed by atoms with Crippen LogP contribution in [0.1, 0.15) is 52.7 Å². The number of fused-ring (bicyclic) bond motifs is 9. The van der Waals surface area contributed by atoms with Crippen molar-refractivity contribution in [3.8, 4) is 33.6 Å². The summed E-state index contributed by atoms with van der Waals surface area (Å²) in [5.41, 5.74) is 17.3. The van der Waals surface area contributed by atoms with Crippen LogP contribution in [0.5, 0.6) is 0 Å². The molecule has 3 aromatic heterocycles. The van der Waals surface area contributed by atoms with E-state index in [9.17, 15) is 0 Å². The van der Waals surface area contributed by atoms with Gasteiger partial charge in [-0.1, -0.05) is 120 Å². The second-order valence-corrected chi connectivity index (χ2v) is 18.8. The molecule has 0 N–H and O–H groups in total. The highest BCUT2D eigenvalue weighted by Gasteiger charge is 2.21. The maximum Gasteiger partial charge on any atom is 0.0541 e. The third kappa shape index (κ3) is 5.63. The molecule has 0 bridgehead atoms. The quantitative estimate of drug-likeness (QED) is 0.169. The first-order chi connectivity index (χ1) is 28.9. The predicted octanol–water partition coefficient (Wildman–Crippen LogP) is 15.5. The van der Waals surface area contributed by atoms with Crippen LogP contribution in [0.15, 0.2) is 170 Å². The van der Waals surface area contributed by atoms with E-state index in [4.69, 9.17) is 0 Å². The molecule has 0 radical (unpaired) electrons. The van der Waals surface area contributed by atoms with Crippen molar-refractivity contribution in [2.75, 3.05) is 0 Å². The van der Waals surface area contributed by atoms with Gasteiger partial charge in [0.25, 0.3) is 0 Å². The lowest BCUT2D eigenvalue weighted by Crippen LogP contribution is -2.10. The van der Waals surface area contributed by atoms with E-state index >= 15 is 0 Å². The average molecular weight is 776 g/mol. The van der Waals surface area contributed by atoms with E-state index in [2.05, 4.69) is 232 Å². The fourth-order valence-electron chi connectivity index (χ4n) is 9.65. The van der Waals surface area contributed by atoms with E-state index < -0.39 is 0 Å². The summed E-state index contributed by atoms with van der Waals surface area (Å²) in [4.78, 5) is 0. The van der Waals surface area contributed by atoms with Crippen LogP contribution in [-0.4, -0.2) is 13.7 Å². The molecule has 0 aliphatic carbocycles. The molecular formula is C57H49N3. The Morgan fingerprint density at radius 1 is 0.300 bits per heavy atom. The number of hydrogen-bond acceptors (Lipinski definition) is 0. The SMILES string of the molecule is Cn1c2ccccc2c2cc(-n3c4ccc(-c5cccc(-c6ccc7c(c6)c6cc(C(C)(C)C)ccc6n7-c6ccccc6)c5)cc4c4cc(C(C)(C)C)ccc43)ccc21. The molecule has 3 nitrogen and oxygen atoms in total. The minimum absolute atomic E-state index is 0.0270. The maximum absolute atomic E-state index is 2.46. The third-order valence-electron chi connectivity index (χ3n) is 13.0. The van der Waals surface area contributed by atoms with Crippen LogP contribution in [0.25, 0.3) is 99.0 Å². The van der Waals surface area contributed by atoms with Crippen molar-refractivity contribution in [1.82, 2.24) is 13.7 Å². The first-order valence-electron chi connectivity index (χ1n) is 21.2. The first kappa shape index (κ1) is 36.3. The van der Waals surface area contributed by atoms with E-state index in [1.54, 1.807) is 0 Å². The number of para-hydroxylation sites is 2. The Morgan fingerprint density at radius 3 is 1.30 bits per heavy atom. The normalized spacial score (nSPS) is 12.6. The minimum Gasteiger partial charge on any atom is -0.344 e. The molecule has 0 atom stereocenters. The zero-order valence-electron chi connectivity index (χ0n) is 35.5. The number of aryl methyl sites for hydroxylation is 1. The standard InChI is InChI=1S/C57H49N3/c1-56(2,3)40-22-27-54-47(33-40)45-31-38(20-25-52(45)59(54)42-16-9-8-10-17-42)36-14-13-15-37(30-36)39-21-26-53-46(32-39)48-34-41(57(4,5)6)23-28-55(48)60(53)43-24-29-51-49(35-43)44-18-11-12-19-50(44)58(51)7/h8-35H,1-7H3. The van der Waals surface area contributed by atoms with Crippen LogP contribution in [-0.2, 0) is 17.9 Å². The Bertz CT molecular complexity index is 3500. The van der Waals surface area contributed by atoms with E-state index in [0.29, 0.717) is 0 Å². The van der Waals surface area contributed by atoms with E-state index in [1.165, 1.54) is 110 Å². The van der Waals surface area contributed by atoms with Crippen LogP contribution in [0, 0.1) is 0 Å². The van der Waals surface area contributed by atoms with Gasteiger partial charge in [-0.05, 0) is 135 Å². The molecule has 3 heteroatoms. The monoisotopic (exact) mass is 775 g/mol. The number of rotatable bonds is 4. The molecule has 0 saturated heterocycles. The second kappa shape index (κ2) is 13.1. The van der Waals surface area contributed by atoms with Crippen molar-refractivity contribution in [3.05, 3.63) is 181 Å². The summed E-state index contributed by atoms with van der Waals surface area (Å²) in [5.74, 6) is 0. The molecule has 0 aliphatic rings. The fraction of sp³-hybridized carbons (Fsp3) is 0.158. The summed E-state index contributed by atoms with van der Waals surface area (Å²) in [6.45, 7) is 13.8. The van der Waals surface area contributed by atoms with E-state index in [1.807, 2.05) is 0 Å². The van der Waals surface area contributed by atoms with Crippen LogP contribution >= 0.6 is 0 Å². The molecule has 11 aromatic rings. The van der Waals surface area contributed by atoms with Crippen LogP contribution in [0.2, 0.25) is 0 Å².